The first kappa shape index (κ1) is 27.6. The monoisotopic (exact) mass is 543 g/mol. The first-order chi connectivity index (χ1) is 19.5. The number of nitrogens with zero attached hydrogens (tertiary/aromatic N) is 4. The van der Waals surface area contributed by atoms with E-state index in [-0.39, 0.29) is 11.9 Å². The van der Waals surface area contributed by atoms with Gasteiger partial charge in [-0.1, -0.05) is 62.9 Å². The van der Waals surface area contributed by atoms with Crippen LogP contribution in [-0.4, -0.2) is 50.6 Å². The number of aromatic nitrogens is 4. The number of H-pyrrole nitrogens is 1. The van der Waals surface area contributed by atoms with Crippen molar-refractivity contribution in [3.8, 4) is 22.7 Å². The van der Waals surface area contributed by atoms with Gasteiger partial charge in [0.25, 0.3) is 0 Å². The normalized spacial score (nSPS) is 14.8. The second kappa shape index (κ2) is 12.4. The average Bonchev–Trinajstić information content (AvgIpc) is 3.66. The van der Waals surface area contributed by atoms with E-state index < -0.39 is 5.41 Å². The highest BCUT2D eigenvalue weighted by Gasteiger charge is 2.43. The molecule has 2 aromatic heterocycles. The van der Waals surface area contributed by atoms with Gasteiger partial charge in [-0.3, -0.25) is 9.59 Å². The van der Waals surface area contributed by atoms with Crippen molar-refractivity contribution < 1.29 is 18.7 Å². The largest absolute Gasteiger partial charge is 0.466 e. The van der Waals surface area contributed by atoms with E-state index in [0.717, 1.165) is 72.6 Å². The zero-order valence-electron chi connectivity index (χ0n) is 23.3. The topological polar surface area (TPSA) is 114 Å². The molecule has 1 saturated carbocycles. The van der Waals surface area contributed by atoms with E-state index in [2.05, 4.69) is 33.6 Å². The molecule has 4 aromatic rings. The molecule has 2 heterocycles. The van der Waals surface area contributed by atoms with Gasteiger partial charge in [0.05, 0.1) is 12.0 Å². The lowest BCUT2D eigenvalue weighted by atomic mass is 9.73. The van der Waals surface area contributed by atoms with Crippen LogP contribution in [0.25, 0.3) is 33.7 Å². The van der Waals surface area contributed by atoms with Gasteiger partial charge in [-0.2, -0.15) is 0 Å². The quantitative estimate of drug-likeness (QED) is 0.220. The van der Waals surface area contributed by atoms with Crippen molar-refractivity contribution in [3.05, 3.63) is 54.1 Å². The number of carbonyl (C=O) groups is 2. The first-order valence-electron chi connectivity index (χ1n) is 14.3. The summed E-state index contributed by atoms with van der Waals surface area (Å²) in [6, 6.07) is 15.8. The number of hydrogen-bond donors (Lipinski definition) is 1. The van der Waals surface area contributed by atoms with Gasteiger partial charge < -0.3 is 14.1 Å². The Balaban J connectivity index is 1.43. The second-order valence-electron chi connectivity index (χ2n) is 10.7. The van der Waals surface area contributed by atoms with Gasteiger partial charge in [-0.05, 0) is 60.4 Å². The number of furan rings is 1. The van der Waals surface area contributed by atoms with Gasteiger partial charge in [0.2, 0.25) is 5.91 Å². The van der Waals surface area contributed by atoms with Crippen molar-refractivity contribution in [3.63, 3.8) is 0 Å². The van der Waals surface area contributed by atoms with Gasteiger partial charge >= 0.3 is 5.97 Å². The maximum Gasteiger partial charge on any atom is 0.313 e. The SMILES string of the molecule is CCCCC(=O)N(Cc1ccc2oc(-c3ccccc3-c3nnn[nH]3)cc2c1)CC1(C(=O)OCC)CCCCC1. The number of benzene rings is 2. The number of unbranched alkanes of at least 4 members (excludes halogenated alkanes) is 1. The highest BCUT2D eigenvalue weighted by Crippen LogP contribution is 2.39. The van der Waals surface area contributed by atoms with Crippen molar-refractivity contribution in [2.24, 2.45) is 5.41 Å². The summed E-state index contributed by atoms with van der Waals surface area (Å²) < 4.78 is 11.8. The summed E-state index contributed by atoms with van der Waals surface area (Å²) in [6.45, 7) is 5.09. The van der Waals surface area contributed by atoms with Crippen molar-refractivity contribution in [2.45, 2.75) is 71.8 Å². The first-order valence-corrected chi connectivity index (χ1v) is 14.3. The summed E-state index contributed by atoms with van der Waals surface area (Å²) in [6.07, 6.45) is 6.82. The van der Waals surface area contributed by atoms with E-state index in [0.29, 0.717) is 37.7 Å². The molecule has 40 heavy (non-hydrogen) atoms. The fourth-order valence-electron chi connectivity index (χ4n) is 5.75. The molecule has 0 spiro atoms. The van der Waals surface area contributed by atoms with Crippen molar-refractivity contribution in [1.29, 1.82) is 0 Å². The standard InChI is InChI=1S/C31H37N5O4/c1-3-5-13-28(37)36(21-31(30(38)39-4-2)16-9-6-10-17-31)20-22-14-15-26-23(18-22)19-27(40-26)24-11-7-8-12-25(24)29-32-34-35-33-29/h7-8,11-12,14-15,18-19H,3-6,9-10,13,16-17,20-21H2,1-2H3,(H,32,33,34,35). The lowest BCUT2D eigenvalue weighted by molar-refractivity contribution is -0.160. The van der Waals surface area contributed by atoms with E-state index in [1.54, 1.807) is 0 Å². The molecule has 1 aliphatic rings. The second-order valence-corrected chi connectivity index (χ2v) is 10.7. The Morgan fingerprint density at radius 1 is 1.05 bits per heavy atom. The number of nitrogens with one attached hydrogen (secondary N) is 1. The molecule has 9 heteroatoms. The molecule has 0 aliphatic heterocycles. The van der Waals surface area contributed by atoms with Crippen LogP contribution in [0.2, 0.25) is 0 Å². The Morgan fingerprint density at radius 3 is 2.58 bits per heavy atom. The minimum atomic E-state index is -0.637. The molecular weight excluding hydrogens is 506 g/mol. The minimum absolute atomic E-state index is 0.0821. The predicted octanol–water partition coefficient (Wildman–Crippen LogP) is 6.31. The van der Waals surface area contributed by atoms with Crippen LogP contribution in [0, 0.1) is 5.41 Å². The van der Waals surface area contributed by atoms with Crippen LogP contribution >= 0.6 is 0 Å². The third-order valence-corrected chi connectivity index (χ3v) is 7.86. The smallest absolute Gasteiger partial charge is 0.313 e. The molecule has 9 nitrogen and oxygen atoms in total. The maximum atomic E-state index is 13.4. The molecule has 0 atom stereocenters. The van der Waals surface area contributed by atoms with Crippen LogP contribution in [-0.2, 0) is 20.9 Å². The van der Waals surface area contributed by atoms with Gasteiger partial charge in [0.1, 0.15) is 11.3 Å². The molecule has 1 fully saturated rings. The number of aromatic amines is 1. The molecule has 1 N–H and O–H groups in total. The lowest BCUT2D eigenvalue weighted by Crippen LogP contribution is -2.47. The number of amides is 1. The number of esters is 1. The average molecular weight is 544 g/mol. The predicted molar refractivity (Wildman–Crippen MR) is 152 cm³/mol. The number of tetrazole rings is 1. The highest BCUT2D eigenvalue weighted by molar-refractivity contribution is 5.87. The van der Waals surface area contributed by atoms with Crippen molar-refractivity contribution >= 4 is 22.8 Å². The molecule has 0 radical (unpaired) electrons. The number of carbonyl (C=O) groups excluding carboxylic acids is 2. The third kappa shape index (κ3) is 5.93. The number of hydrogen-bond acceptors (Lipinski definition) is 7. The van der Waals surface area contributed by atoms with E-state index in [1.807, 2.05) is 54.3 Å². The number of fused-ring (bicyclic) bond motifs is 1. The number of ether oxygens (including phenoxy) is 1. The van der Waals surface area contributed by atoms with Crippen LogP contribution in [0.5, 0.6) is 0 Å². The fraction of sp³-hybridized carbons (Fsp3) is 0.452. The van der Waals surface area contributed by atoms with Gasteiger partial charge in [0.15, 0.2) is 5.82 Å². The Kier molecular flexibility index (Phi) is 8.57. The van der Waals surface area contributed by atoms with Crippen LogP contribution in [0.4, 0.5) is 0 Å². The summed E-state index contributed by atoms with van der Waals surface area (Å²) in [5.74, 6) is 1.19. The summed E-state index contributed by atoms with van der Waals surface area (Å²) in [4.78, 5) is 28.5. The summed E-state index contributed by atoms with van der Waals surface area (Å²) in [5, 5.41) is 15.2. The molecule has 1 amide bonds. The van der Waals surface area contributed by atoms with Gasteiger partial charge in [-0.25, -0.2) is 5.10 Å². The van der Waals surface area contributed by atoms with E-state index >= 15 is 0 Å². The Morgan fingerprint density at radius 2 is 1.85 bits per heavy atom. The van der Waals surface area contributed by atoms with Gasteiger partial charge in [-0.15, -0.1) is 5.10 Å². The lowest BCUT2D eigenvalue weighted by Gasteiger charge is -2.39. The number of rotatable bonds is 11. The molecule has 0 unspecified atom stereocenters. The molecular formula is C31H37N5O4. The van der Waals surface area contributed by atoms with Crippen LogP contribution in [0.3, 0.4) is 0 Å². The van der Waals surface area contributed by atoms with Crippen LogP contribution in [0.1, 0.15) is 70.8 Å². The molecule has 0 bridgehead atoms. The van der Waals surface area contributed by atoms with Gasteiger partial charge in [0, 0.05) is 36.0 Å². The molecule has 0 saturated heterocycles. The Bertz CT molecular complexity index is 1440. The van der Waals surface area contributed by atoms with Crippen LogP contribution < -0.4 is 0 Å². The zero-order chi connectivity index (χ0) is 28.0. The van der Waals surface area contributed by atoms with E-state index in [1.165, 1.54) is 0 Å². The van der Waals surface area contributed by atoms with Crippen LogP contribution in [0.15, 0.2) is 52.9 Å². The van der Waals surface area contributed by atoms with E-state index in [9.17, 15) is 9.59 Å². The summed E-state index contributed by atoms with van der Waals surface area (Å²) >= 11 is 0. The fourth-order valence-corrected chi connectivity index (χ4v) is 5.75. The third-order valence-electron chi connectivity index (χ3n) is 7.86. The van der Waals surface area contributed by atoms with Crippen molar-refractivity contribution in [1.82, 2.24) is 25.5 Å². The minimum Gasteiger partial charge on any atom is -0.466 e. The zero-order valence-corrected chi connectivity index (χ0v) is 23.3. The molecule has 2 aromatic carbocycles. The van der Waals surface area contributed by atoms with Crippen molar-refractivity contribution in [2.75, 3.05) is 13.2 Å². The summed E-state index contributed by atoms with van der Waals surface area (Å²) in [5.41, 5.74) is 2.83. The molecule has 5 rings (SSSR count). The Hall–Kier alpha value is -4.01. The van der Waals surface area contributed by atoms with E-state index in [4.69, 9.17) is 9.15 Å². The summed E-state index contributed by atoms with van der Waals surface area (Å²) in [7, 11) is 0. The Labute approximate surface area is 234 Å². The maximum absolute atomic E-state index is 13.4. The molecule has 210 valence electrons. The highest BCUT2D eigenvalue weighted by atomic mass is 16.5. The molecule has 1 aliphatic carbocycles.